The molecular weight excluding hydrogens is 310 g/mol. The Morgan fingerprint density at radius 1 is 1.33 bits per heavy atom. The molecule has 0 fully saturated rings. The van der Waals surface area contributed by atoms with Crippen LogP contribution in [0.15, 0.2) is 40.6 Å². The van der Waals surface area contributed by atoms with Crippen LogP contribution in [0.2, 0.25) is 0 Å². The molecule has 0 unspecified atom stereocenters. The Labute approximate surface area is 126 Å². The van der Waals surface area contributed by atoms with Crippen LogP contribution in [0.3, 0.4) is 0 Å². The first-order valence-corrected chi connectivity index (χ1v) is 9.62. The zero-order valence-electron chi connectivity index (χ0n) is 11.9. The van der Waals surface area contributed by atoms with Crippen LogP contribution in [-0.2, 0) is 27.2 Å². The summed E-state index contributed by atoms with van der Waals surface area (Å²) in [6.45, 7) is 2.28. The zero-order valence-corrected chi connectivity index (χ0v) is 13.5. The minimum atomic E-state index is -3.30. The highest BCUT2D eigenvalue weighted by molar-refractivity contribution is 7.91. The van der Waals surface area contributed by atoms with Crippen molar-refractivity contribution in [1.29, 1.82) is 0 Å². The van der Waals surface area contributed by atoms with Crippen LogP contribution in [0.1, 0.15) is 12.0 Å². The van der Waals surface area contributed by atoms with Crippen molar-refractivity contribution in [3.05, 3.63) is 36.2 Å². The molecule has 0 aliphatic rings. The Morgan fingerprint density at radius 2 is 2.10 bits per heavy atom. The maximum absolute atomic E-state index is 12.2. The maximum atomic E-state index is 12.2. The minimum absolute atomic E-state index is 0.0322. The largest absolute Gasteiger partial charge is 0.307 e. The van der Waals surface area contributed by atoms with Crippen molar-refractivity contribution in [2.24, 2.45) is 0 Å². The van der Waals surface area contributed by atoms with Crippen LogP contribution >= 0.6 is 0 Å². The van der Waals surface area contributed by atoms with Gasteiger partial charge in [-0.05, 0) is 31.0 Å². The van der Waals surface area contributed by atoms with Crippen molar-refractivity contribution in [2.75, 3.05) is 12.0 Å². The molecule has 1 atom stereocenters. The summed E-state index contributed by atoms with van der Waals surface area (Å²) in [6, 6.07) is 6.87. The van der Waals surface area contributed by atoms with Crippen LogP contribution in [0.4, 0.5) is 0 Å². The van der Waals surface area contributed by atoms with Crippen molar-refractivity contribution in [1.82, 2.24) is 14.8 Å². The van der Waals surface area contributed by atoms with E-state index in [0.29, 0.717) is 23.0 Å². The quantitative estimate of drug-likeness (QED) is 0.796. The van der Waals surface area contributed by atoms with Gasteiger partial charge in [0.15, 0.2) is 9.84 Å². The van der Waals surface area contributed by atoms with Gasteiger partial charge in [-0.3, -0.25) is 4.21 Å². The summed E-state index contributed by atoms with van der Waals surface area (Å²) in [4.78, 5) is 0.338. The third-order valence-electron chi connectivity index (χ3n) is 3.00. The van der Waals surface area contributed by atoms with Crippen molar-refractivity contribution >= 4 is 20.6 Å². The maximum Gasteiger partial charge on any atom is 0.221 e. The van der Waals surface area contributed by atoms with Crippen LogP contribution in [0.5, 0.6) is 0 Å². The molecule has 0 aliphatic carbocycles. The van der Waals surface area contributed by atoms with E-state index in [2.05, 4.69) is 10.2 Å². The van der Waals surface area contributed by atoms with E-state index in [4.69, 9.17) is 0 Å². The summed E-state index contributed by atoms with van der Waals surface area (Å²) in [7, 11) is -4.53. The summed E-state index contributed by atoms with van der Waals surface area (Å²) in [5, 5.41) is 7.83. The normalized spacial score (nSPS) is 13.2. The van der Waals surface area contributed by atoms with Gasteiger partial charge in [-0.25, -0.2) is 8.42 Å². The van der Waals surface area contributed by atoms with Gasteiger partial charge in [0.2, 0.25) is 5.16 Å². The molecule has 0 N–H and O–H groups in total. The van der Waals surface area contributed by atoms with Crippen molar-refractivity contribution in [3.8, 4) is 0 Å². The van der Waals surface area contributed by atoms with Gasteiger partial charge in [0, 0.05) is 12.8 Å². The van der Waals surface area contributed by atoms with Gasteiger partial charge in [-0.1, -0.05) is 12.1 Å². The second-order valence-electron chi connectivity index (χ2n) is 4.75. The fourth-order valence-corrected chi connectivity index (χ4v) is 4.00. The third-order valence-corrected chi connectivity index (χ3v) is 5.63. The van der Waals surface area contributed by atoms with Crippen molar-refractivity contribution in [3.63, 3.8) is 0 Å². The summed E-state index contributed by atoms with van der Waals surface area (Å²) < 4.78 is 37.5. The van der Waals surface area contributed by atoms with Crippen LogP contribution < -0.4 is 0 Å². The van der Waals surface area contributed by atoms with Gasteiger partial charge < -0.3 is 4.57 Å². The topological polar surface area (TPSA) is 81.9 Å². The fourth-order valence-electron chi connectivity index (χ4n) is 1.97. The Morgan fingerprint density at radius 3 is 2.76 bits per heavy atom. The van der Waals surface area contributed by atoms with Crippen molar-refractivity contribution < 1.29 is 12.6 Å². The number of nitrogens with zero attached hydrogens (tertiary/aromatic N) is 3. The molecule has 1 aromatic carbocycles. The number of aryl methyl sites for hydroxylation is 2. The number of rotatable bonds is 6. The standard InChI is InChI=1S/C13H17N3O3S2/c1-11-5-3-6-12(9-11)21(18,19)8-4-7-16-10-14-15-13(16)20(2)17/h3,5-6,9-10H,4,7-8H2,1-2H3/t20-/m1/s1. The molecule has 0 saturated heterocycles. The second-order valence-corrected chi connectivity index (χ2v) is 8.13. The average Bonchev–Trinajstić information content (AvgIpc) is 2.87. The Balaban J connectivity index is 2.03. The number of aromatic nitrogens is 3. The van der Waals surface area contributed by atoms with Gasteiger partial charge >= 0.3 is 0 Å². The third kappa shape index (κ3) is 3.98. The molecule has 1 aromatic heterocycles. The molecule has 0 radical (unpaired) electrons. The Hall–Kier alpha value is -1.54. The molecule has 0 bridgehead atoms. The van der Waals surface area contributed by atoms with Crippen molar-refractivity contribution in [2.45, 2.75) is 29.9 Å². The predicted molar refractivity (Wildman–Crippen MR) is 80.2 cm³/mol. The lowest BCUT2D eigenvalue weighted by Crippen LogP contribution is -2.11. The van der Waals surface area contributed by atoms with E-state index in [1.807, 2.05) is 13.0 Å². The van der Waals surface area contributed by atoms with E-state index in [9.17, 15) is 12.6 Å². The molecule has 0 saturated carbocycles. The summed E-state index contributed by atoms with van der Waals surface area (Å²) in [5.41, 5.74) is 0.915. The zero-order chi connectivity index (χ0) is 15.5. The number of benzene rings is 1. The van der Waals surface area contributed by atoms with Gasteiger partial charge in [-0.15, -0.1) is 10.2 Å². The molecule has 114 valence electrons. The second kappa shape index (κ2) is 6.48. The lowest BCUT2D eigenvalue weighted by atomic mass is 10.2. The highest BCUT2D eigenvalue weighted by atomic mass is 32.2. The minimum Gasteiger partial charge on any atom is -0.307 e. The molecule has 2 rings (SSSR count). The molecule has 2 aromatic rings. The monoisotopic (exact) mass is 327 g/mol. The first-order chi connectivity index (χ1) is 9.90. The van der Waals surface area contributed by atoms with Crippen LogP contribution in [0.25, 0.3) is 0 Å². The van der Waals surface area contributed by atoms with E-state index in [1.54, 1.807) is 22.8 Å². The molecule has 0 spiro atoms. The Kier molecular flexibility index (Phi) is 4.89. The van der Waals surface area contributed by atoms with E-state index in [1.165, 1.54) is 12.6 Å². The van der Waals surface area contributed by atoms with Gasteiger partial charge in [0.25, 0.3) is 0 Å². The van der Waals surface area contributed by atoms with E-state index in [0.717, 1.165) is 5.56 Å². The average molecular weight is 327 g/mol. The number of hydrogen-bond donors (Lipinski definition) is 0. The molecule has 6 nitrogen and oxygen atoms in total. The van der Waals surface area contributed by atoms with Crippen LogP contribution in [0, 0.1) is 6.92 Å². The highest BCUT2D eigenvalue weighted by Crippen LogP contribution is 2.14. The lowest BCUT2D eigenvalue weighted by Gasteiger charge is -2.07. The molecular formula is C13H17N3O3S2. The first kappa shape index (κ1) is 15.8. The molecule has 1 heterocycles. The summed E-state index contributed by atoms with van der Waals surface area (Å²) >= 11 is 0. The first-order valence-electron chi connectivity index (χ1n) is 6.41. The van der Waals surface area contributed by atoms with Gasteiger partial charge in [0.05, 0.1) is 21.4 Å². The SMILES string of the molecule is Cc1cccc(S(=O)(=O)CCCn2cnnc2[S@@](C)=O)c1. The van der Waals surface area contributed by atoms with Gasteiger partial charge in [0.1, 0.15) is 6.33 Å². The molecule has 8 heteroatoms. The number of hydrogen-bond acceptors (Lipinski definition) is 5. The lowest BCUT2D eigenvalue weighted by molar-refractivity contribution is 0.575. The van der Waals surface area contributed by atoms with E-state index in [-0.39, 0.29) is 5.75 Å². The van der Waals surface area contributed by atoms with Gasteiger partial charge in [-0.2, -0.15) is 0 Å². The van der Waals surface area contributed by atoms with E-state index >= 15 is 0 Å². The highest BCUT2D eigenvalue weighted by Gasteiger charge is 2.15. The smallest absolute Gasteiger partial charge is 0.221 e. The van der Waals surface area contributed by atoms with E-state index < -0.39 is 20.6 Å². The summed E-state index contributed by atoms with van der Waals surface area (Å²) in [6.07, 6.45) is 3.40. The molecule has 0 aliphatic heterocycles. The van der Waals surface area contributed by atoms with Crippen LogP contribution in [-0.4, -0.2) is 39.4 Å². The predicted octanol–water partition coefficient (Wildman–Crippen LogP) is 1.19. The molecule has 0 amide bonds. The fraction of sp³-hybridized carbons (Fsp3) is 0.385. The Bertz CT molecular complexity index is 754. The molecule has 21 heavy (non-hydrogen) atoms. The number of sulfone groups is 1. The summed E-state index contributed by atoms with van der Waals surface area (Å²) in [5.74, 6) is 0.0322.